The van der Waals surface area contributed by atoms with Crippen LogP contribution >= 0.6 is 0 Å². The van der Waals surface area contributed by atoms with Crippen molar-refractivity contribution in [3.8, 4) is 0 Å². The molecule has 2 aromatic rings. The molecule has 1 heterocycles. The summed E-state index contributed by atoms with van der Waals surface area (Å²) in [6, 6.07) is 7.17. The van der Waals surface area contributed by atoms with Gasteiger partial charge in [0.2, 0.25) is 5.95 Å². The SMILES string of the molecule is CC(C)Nc1ncc(CNCCc2ccccc2F)cn1. The van der Waals surface area contributed by atoms with Gasteiger partial charge in [0.1, 0.15) is 5.82 Å². The summed E-state index contributed by atoms with van der Waals surface area (Å²) in [6.07, 6.45) is 4.27. The second-order valence-electron chi connectivity index (χ2n) is 5.23. The summed E-state index contributed by atoms with van der Waals surface area (Å²) in [4.78, 5) is 8.50. The Morgan fingerprint density at radius 3 is 2.52 bits per heavy atom. The van der Waals surface area contributed by atoms with E-state index < -0.39 is 0 Å². The summed E-state index contributed by atoms with van der Waals surface area (Å²) in [7, 11) is 0. The number of nitrogens with one attached hydrogen (secondary N) is 2. The predicted octanol–water partition coefficient (Wildman–Crippen LogP) is 2.77. The summed E-state index contributed by atoms with van der Waals surface area (Å²) in [5, 5.41) is 6.41. The fourth-order valence-corrected chi connectivity index (χ4v) is 1.94. The molecule has 4 nitrogen and oxygen atoms in total. The van der Waals surface area contributed by atoms with E-state index in [1.807, 2.05) is 26.0 Å². The average Bonchev–Trinajstić information content (AvgIpc) is 2.46. The molecule has 0 saturated heterocycles. The van der Waals surface area contributed by atoms with E-state index in [0.717, 1.165) is 11.1 Å². The van der Waals surface area contributed by atoms with E-state index in [1.165, 1.54) is 6.07 Å². The largest absolute Gasteiger partial charge is 0.352 e. The lowest BCUT2D eigenvalue weighted by molar-refractivity contribution is 0.597. The number of aromatic nitrogens is 2. The van der Waals surface area contributed by atoms with E-state index in [-0.39, 0.29) is 5.82 Å². The quantitative estimate of drug-likeness (QED) is 0.769. The van der Waals surface area contributed by atoms with Crippen molar-refractivity contribution in [2.75, 3.05) is 11.9 Å². The van der Waals surface area contributed by atoms with Gasteiger partial charge in [-0.3, -0.25) is 0 Å². The van der Waals surface area contributed by atoms with Crippen molar-refractivity contribution in [2.24, 2.45) is 0 Å². The van der Waals surface area contributed by atoms with Gasteiger partial charge in [-0.1, -0.05) is 18.2 Å². The number of halogens is 1. The molecule has 0 unspecified atom stereocenters. The molecule has 5 heteroatoms. The van der Waals surface area contributed by atoms with Crippen molar-refractivity contribution in [2.45, 2.75) is 32.9 Å². The van der Waals surface area contributed by atoms with Crippen LogP contribution in [0.4, 0.5) is 10.3 Å². The molecular weight excluding hydrogens is 267 g/mol. The fraction of sp³-hybridized carbons (Fsp3) is 0.375. The Hall–Kier alpha value is -2.01. The monoisotopic (exact) mass is 288 g/mol. The molecule has 0 amide bonds. The van der Waals surface area contributed by atoms with Crippen LogP contribution in [0.2, 0.25) is 0 Å². The maximum Gasteiger partial charge on any atom is 0.222 e. The maximum absolute atomic E-state index is 13.4. The smallest absolute Gasteiger partial charge is 0.222 e. The lowest BCUT2D eigenvalue weighted by Crippen LogP contribution is -2.18. The Morgan fingerprint density at radius 2 is 1.86 bits per heavy atom. The van der Waals surface area contributed by atoms with Crippen LogP contribution < -0.4 is 10.6 Å². The van der Waals surface area contributed by atoms with Gasteiger partial charge in [-0.2, -0.15) is 0 Å². The third kappa shape index (κ3) is 5.11. The number of benzene rings is 1. The van der Waals surface area contributed by atoms with Gasteiger partial charge >= 0.3 is 0 Å². The van der Waals surface area contributed by atoms with Gasteiger partial charge in [-0.25, -0.2) is 14.4 Å². The number of rotatable bonds is 7. The standard InChI is InChI=1S/C16H21FN4/c1-12(2)21-16-19-10-13(11-20-16)9-18-8-7-14-5-3-4-6-15(14)17/h3-6,10-12,18H,7-9H2,1-2H3,(H,19,20,21). The first-order chi connectivity index (χ1) is 10.1. The molecule has 0 aliphatic carbocycles. The van der Waals surface area contributed by atoms with Crippen LogP contribution in [0.3, 0.4) is 0 Å². The Kier molecular flexibility index (Phi) is 5.63. The van der Waals surface area contributed by atoms with Crippen molar-refractivity contribution < 1.29 is 4.39 Å². The number of hydrogen-bond acceptors (Lipinski definition) is 4. The van der Waals surface area contributed by atoms with Gasteiger partial charge in [0.25, 0.3) is 0 Å². The third-order valence-corrected chi connectivity index (χ3v) is 2.98. The summed E-state index contributed by atoms with van der Waals surface area (Å²) >= 11 is 0. The van der Waals surface area contributed by atoms with Gasteiger partial charge in [0.15, 0.2) is 0 Å². The van der Waals surface area contributed by atoms with E-state index in [1.54, 1.807) is 18.5 Å². The van der Waals surface area contributed by atoms with Gasteiger partial charge in [-0.05, 0) is 38.4 Å². The maximum atomic E-state index is 13.4. The van der Waals surface area contributed by atoms with Crippen LogP contribution in [0.1, 0.15) is 25.0 Å². The molecule has 2 rings (SSSR count). The van der Waals surface area contributed by atoms with Gasteiger partial charge in [0.05, 0.1) is 0 Å². The molecule has 0 bridgehead atoms. The zero-order valence-electron chi connectivity index (χ0n) is 12.4. The second kappa shape index (κ2) is 7.69. The van der Waals surface area contributed by atoms with Crippen LogP contribution in [-0.4, -0.2) is 22.6 Å². The minimum atomic E-state index is -0.147. The Labute approximate surface area is 124 Å². The van der Waals surface area contributed by atoms with Crippen LogP contribution in [0.25, 0.3) is 0 Å². The zero-order valence-corrected chi connectivity index (χ0v) is 12.4. The fourth-order valence-electron chi connectivity index (χ4n) is 1.94. The highest BCUT2D eigenvalue weighted by Gasteiger charge is 2.01. The number of anilines is 1. The lowest BCUT2D eigenvalue weighted by Gasteiger charge is -2.09. The Morgan fingerprint density at radius 1 is 1.14 bits per heavy atom. The molecule has 0 fully saturated rings. The summed E-state index contributed by atoms with van der Waals surface area (Å²) in [5.74, 6) is 0.492. The van der Waals surface area contributed by atoms with Gasteiger partial charge < -0.3 is 10.6 Å². The minimum Gasteiger partial charge on any atom is -0.352 e. The first-order valence-electron chi connectivity index (χ1n) is 7.16. The molecule has 0 atom stereocenters. The Balaban J connectivity index is 1.75. The zero-order chi connectivity index (χ0) is 15.1. The van der Waals surface area contributed by atoms with Crippen molar-refractivity contribution in [3.63, 3.8) is 0 Å². The predicted molar refractivity (Wildman–Crippen MR) is 82.6 cm³/mol. The first-order valence-corrected chi connectivity index (χ1v) is 7.16. The van der Waals surface area contributed by atoms with Crippen molar-refractivity contribution in [3.05, 3.63) is 53.6 Å². The number of hydrogen-bond donors (Lipinski definition) is 2. The average molecular weight is 288 g/mol. The molecule has 0 saturated carbocycles. The topological polar surface area (TPSA) is 49.8 Å². The third-order valence-electron chi connectivity index (χ3n) is 2.98. The van der Waals surface area contributed by atoms with Crippen LogP contribution in [0.5, 0.6) is 0 Å². The van der Waals surface area contributed by atoms with Crippen LogP contribution in [0, 0.1) is 5.82 Å². The first kappa shape index (κ1) is 15.4. The van der Waals surface area contributed by atoms with E-state index in [4.69, 9.17) is 0 Å². The van der Waals surface area contributed by atoms with Crippen LogP contribution in [-0.2, 0) is 13.0 Å². The number of nitrogens with zero attached hydrogens (tertiary/aromatic N) is 2. The molecule has 0 radical (unpaired) electrons. The highest BCUT2D eigenvalue weighted by atomic mass is 19.1. The van der Waals surface area contributed by atoms with Crippen molar-refractivity contribution in [1.82, 2.24) is 15.3 Å². The summed E-state index contributed by atoms with van der Waals surface area (Å²) in [5.41, 5.74) is 1.75. The van der Waals surface area contributed by atoms with E-state index >= 15 is 0 Å². The molecule has 2 N–H and O–H groups in total. The molecule has 1 aromatic carbocycles. The molecule has 0 aliphatic heterocycles. The normalized spacial score (nSPS) is 10.9. The summed E-state index contributed by atoms with van der Waals surface area (Å²) < 4.78 is 13.4. The molecule has 0 spiro atoms. The molecular formula is C16H21FN4. The van der Waals surface area contributed by atoms with Gasteiger partial charge in [0, 0.05) is 30.5 Å². The highest BCUT2D eigenvalue weighted by molar-refractivity contribution is 5.25. The summed E-state index contributed by atoms with van der Waals surface area (Å²) in [6.45, 7) is 5.48. The minimum absolute atomic E-state index is 0.147. The van der Waals surface area contributed by atoms with Crippen molar-refractivity contribution >= 4 is 5.95 Å². The van der Waals surface area contributed by atoms with E-state index in [9.17, 15) is 4.39 Å². The molecule has 112 valence electrons. The van der Waals surface area contributed by atoms with E-state index in [2.05, 4.69) is 20.6 Å². The lowest BCUT2D eigenvalue weighted by atomic mass is 10.1. The van der Waals surface area contributed by atoms with Crippen LogP contribution in [0.15, 0.2) is 36.7 Å². The molecule has 0 aliphatic rings. The van der Waals surface area contributed by atoms with Crippen molar-refractivity contribution in [1.29, 1.82) is 0 Å². The van der Waals surface area contributed by atoms with Gasteiger partial charge in [-0.15, -0.1) is 0 Å². The second-order valence-corrected chi connectivity index (χ2v) is 5.23. The Bertz CT molecular complexity index is 554. The molecule has 21 heavy (non-hydrogen) atoms. The highest BCUT2D eigenvalue weighted by Crippen LogP contribution is 2.06. The van der Waals surface area contributed by atoms with E-state index in [0.29, 0.717) is 31.5 Å². The molecule has 1 aromatic heterocycles.